The lowest BCUT2D eigenvalue weighted by Crippen LogP contribution is -2.14. The first-order valence-corrected chi connectivity index (χ1v) is 6.65. The van der Waals surface area contributed by atoms with Gasteiger partial charge in [0, 0.05) is 12.0 Å². The van der Waals surface area contributed by atoms with Gasteiger partial charge in [0.1, 0.15) is 0 Å². The van der Waals surface area contributed by atoms with Gasteiger partial charge < -0.3 is 10.4 Å². The smallest absolute Gasteiger partial charge is 0.234 e. The zero-order valence-corrected chi connectivity index (χ0v) is 10.5. The number of carbonyl (C=O) groups is 1. The highest BCUT2D eigenvalue weighted by Gasteiger charge is 2.03. The number of rotatable bonds is 4. The van der Waals surface area contributed by atoms with E-state index in [1.54, 1.807) is 0 Å². The summed E-state index contributed by atoms with van der Waals surface area (Å²) in [4.78, 5) is 11.5. The SMILES string of the molecule is CSCC(=O)Nc1ccccc1C#CCCO. The number of nitrogens with one attached hydrogen (secondary N) is 1. The third-order valence-corrected chi connectivity index (χ3v) is 2.49. The normalized spacial score (nSPS) is 9.29. The molecule has 0 radical (unpaired) electrons. The van der Waals surface area contributed by atoms with Crippen LogP contribution >= 0.6 is 11.8 Å². The first-order chi connectivity index (χ1) is 8.27. The molecule has 0 saturated heterocycles. The van der Waals surface area contributed by atoms with E-state index in [0.717, 1.165) is 11.3 Å². The number of hydrogen-bond donors (Lipinski definition) is 2. The molecule has 17 heavy (non-hydrogen) atoms. The van der Waals surface area contributed by atoms with Gasteiger partial charge >= 0.3 is 0 Å². The average molecular weight is 249 g/mol. The second-order valence-corrected chi connectivity index (χ2v) is 4.17. The summed E-state index contributed by atoms with van der Waals surface area (Å²) in [6.07, 6.45) is 2.32. The first-order valence-electron chi connectivity index (χ1n) is 5.25. The Morgan fingerprint density at radius 3 is 2.94 bits per heavy atom. The average Bonchev–Trinajstić information content (AvgIpc) is 2.32. The standard InChI is InChI=1S/C13H15NO2S/c1-17-10-13(16)14-12-8-3-2-6-11(12)7-4-5-9-15/h2-3,6,8,15H,5,9-10H2,1H3,(H,14,16). The minimum atomic E-state index is -0.0334. The Bertz CT molecular complexity index is 435. The van der Waals surface area contributed by atoms with Crippen molar-refractivity contribution in [1.82, 2.24) is 0 Å². The number of hydrogen-bond acceptors (Lipinski definition) is 3. The molecule has 0 aliphatic carbocycles. The van der Waals surface area contributed by atoms with Crippen molar-refractivity contribution in [2.24, 2.45) is 0 Å². The van der Waals surface area contributed by atoms with Crippen molar-refractivity contribution in [2.75, 3.05) is 23.9 Å². The first kappa shape index (κ1) is 13.6. The maximum Gasteiger partial charge on any atom is 0.234 e. The highest BCUT2D eigenvalue weighted by Crippen LogP contribution is 2.14. The summed E-state index contributed by atoms with van der Waals surface area (Å²) in [6, 6.07) is 7.39. The molecule has 0 saturated carbocycles. The van der Waals surface area contributed by atoms with Crippen LogP contribution in [0, 0.1) is 11.8 Å². The molecule has 2 N–H and O–H groups in total. The molecule has 0 bridgehead atoms. The van der Waals surface area contributed by atoms with Crippen LogP contribution in [0.2, 0.25) is 0 Å². The van der Waals surface area contributed by atoms with E-state index in [1.165, 1.54) is 11.8 Å². The van der Waals surface area contributed by atoms with E-state index in [-0.39, 0.29) is 12.5 Å². The van der Waals surface area contributed by atoms with E-state index in [0.29, 0.717) is 12.2 Å². The predicted octanol–water partition coefficient (Wildman–Crippen LogP) is 1.72. The van der Waals surface area contributed by atoms with Gasteiger partial charge in [-0.3, -0.25) is 4.79 Å². The maximum absolute atomic E-state index is 11.5. The lowest BCUT2D eigenvalue weighted by molar-refractivity contribution is -0.113. The minimum absolute atomic E-state index is 0.0334. The second kappa shape index (κ2) is 7.77. The maximum atomic E-state index is 11.5. The Morgan fingerprint density at radius 1 is 1.47 bits per heavy atom. The van der Waals surface area contributed by atoms with Gasteiger partial charge in [-0.15, -0.1) is 0 Å². The quantitative estimate of drug-likeness (QED) is 0.799. The van der Waals surface area contributed by atoms with Gasteiger partial charge in [-0.05, 0) is 18.4 Å². The van der Waals surface area contributed by atoms with Crippen molar-refractivity contribution >= 4 is 23.4 Å². The van der Waals surface area contributed by atoms with E-state index in [2.05, 4.69) is 17.2 Å². The van der Waals surface area contributed by atoms with Gasteiger partial charge in [-0.1, -0.05) is 24.0 Å². The van der Waals surface area contributed by atoms with Crippen LogP contribution in [0.5, 0.6) is 0 Å². The molecular weight excluding hydrogens is 234 g/mol. The largest absolute Gasteiger partial charge is 0.395 e. The molecule has 1 rings (SSSR count). The predicted molar refractivity (Wildman–Crippen MR) is 72.0 cm³/mol. The molecule has 1 aromatic carbocycles. The number of benzene rings is 1. The van der Waals surface area contributed by atoms with Crippen molar-refractivity contribution < 1.29 is 9.90 Å². The molecule has 0 spiro atoms. The van der Waals surface area contributed by atoms with Gasteiger partial charge in [-0.2, -0.15) is 11.8 Å². The van der Waals surface area contributed by atoms with Gasteiger partial charge in [0.05, 0.1) is 18.0 Å². The molecule has 1 amide bonds. The molecule has 0 unspecified atom stereocenters. The monoisotopic (exact) mass is 249 g/mol. The zero-order valence-electron chi connectivity index (χ0n) is 9.69. The highest BCUT2D eigenvalue weighted by atomic mass is 32.2. The summed E-state index contributed by atoms with van der Waals surface area (Å²) in [5.41, 5.74) is 1.49. The van der Waals surface area contributed by atoms with Crippen molar-refractivity contribution in [2.45, 2.75) is 6.42 Å². The highest BCUT2D eigenvalue weighted by molar-refractivity contribution is 7.99. The summed E-state index contributed by atoms with van der Waals surface area (Å²) >= 11 is 1.48. The molecule has 1 aromatic rings. The van der Waals surface area contributed by atoms with Crippen molar-refractivity contribution in [3.63, 3.8) is 0 Å². The van der Waals surface area contributed by atoms with Gasteiger partial charge in [0.2, 0.25) is 5.91 Å². The summed E-state index contributed by atoms with van der Waals surface area (Å²) in [5, 5.41) is 11.5. The van der Waals surface area contributed by atoms with Crippen LogP contribution in [0.15, 0.2) is 24.3 Å². The van der Waals surface area contributed by atoms with Crippen molar-refractivity contribution in [3.8, 4) is 11.8 Å². The molecule has 0 heterocycles. The van der Waals surface area contributed by atoms with E-state index in [9.17, 15) is 4.79 Å². The molecule has 0 aliphatic rings. The van der Waals surface area contributed by atoms with Crippen LogP contribution in [-0.2, 0) is 4.79 Å². The zero-order chi connectivity index (χ0) is 12.5. The number of para-hydroxylation sites is 1. The van der Waals surface area contributed by atoms with Crippen LogP contribution in [0.25, 0.3) is 0 Å². The number of carbonyl (C=O) groups excluding carboxylic acids is 1. The fourth-order valence-corrected chi connectivity index (χ4v) is 1.57. The molecule has 3 nitrogen and oxygen atoms in total. The molecule has 90 valence electrons. The summed E-state index contributed by atoms with van der Waals surface area (Å²) < 4.78 is 0. The van der Waals surface area contributed by atoms with E-state index in [4.69, 9.17) is 5.11 Å². The van der Waals surface area contributed by atoms with Gasteiger partial charge in [0.25, 0.3) is 0 Å². The Labute approximate surface area is 106 Å². The number of anilines is 1. The Kier molecular flexibility index (Phi) is 6.23. The third-order valence-electron chi connectivity index (χ3n) is 1.94. The lowest BCUT2D eigenvalue weighted by atomic mass is 10.2. The fraction of sp³-hybridized carbons (Fsp3) is 0.308. The third kappa shape index (κ3) is 4.94. The van der Waals surface area contributed by atoms with E-state index in [1.807, 2.05) is 30.5 Å². The Morgan fingerprint density at radius 2 is 2.24 bits per heavy atom. The molecule has 0 atom stereocenters. The van der Waals surface area contributed by atoms with Crippen molar-refractivity contribution in [3.05, 3.63) is 29.8 Å². The topological polar surface area (TPSA) is 49.3 Å². The van der Waals surface area contributed by atoms with Crippen LogP contribution in [-0.4, -0.2) is 29.6 Å². The number of amides is 1. The molecule has 4 heteroatoms. The second-order valence-electron chi connectivity index (χ2n) is 3.30. The number of aliphatic hydroxyl groups is 1. The van der Waals surface area contributed by atoms with Crippen LogP contribution in [0.1, 0.15) is 12.0 Å². The molecule has 0 aliphatic heterocycles. The van der Waals surface area contributed by atoms with Gasteiger partial charge in [-0.25, -0.2) is 0 Å². The van der Waals surface area contributed by atoms with Crippen LogP contribution in [0.4, 0.5) is 5.69 Å². The molecule has 0 fully saturated rings. The van der Waals surface area contributed by atoms with Crippen LogP contribution < -0.4 is 5.32 Å². The summed E-state index contributed by atoms with van der Waals surface area (Å²) in [7, 11) is 0. The van der Waals surface area contributed by atoms with Gasteiger partial charge in [0.15, 0.2) is 0 Å². The summed E-state index contributed by atoms with van der Waals surface area (Å²) in [6.45, 7) is 0.0496. The molecule has 0 aromatic heterocycles. The summed E-state index contributed by atoms with van der Waals surface area (Å²) in [5.74, 6) is 6.17. The van der Waals surface area contributed by atoms with E-state index >= 15 is 0 Å². The number of thioether (sulfide) groups is 1. The fourth-order valence-electron chi connectivity index (χ4n) is 1.23. The molecular formula is C13H15NO2S. The number of aliphatic hydroxyl groups excluding tert-OH is 1. The Hall–Kier alpha value is -1.44. The van der Waals surface area contributed by atoms with Crippen LogP contribution in [0.3, 0.4) is 0 Å². The van der Waals surface area contributed by atoms with Crippen molar-refractivity contribution in [1.29, 1.82) is 0 Å². The lowest BCUT2D eigenvalue weighted by Gasteiger charge is -2.06. The minimum Gasteiger partial charge on any atom is -0.395 e. The van der Waals surface area contributed by atoms with E-state index < -0.39 is 0 Å². The Balaban J connectivity index is 2.78.